The lowest BCUT2D eigenvalue weighted by Crippen LogP contribution is -2.20. The van der Waals surface area contributed by atoms with Crippen molar-refractivity contribution in [3.63, 3.8) is 0 Å². The number of aryl methyl sites for hydroxylation is 1. The molecule has 0 atom stereocenters. The maximum atomic E-state index is 12.3. The minimum absolute atomic E-state index is 0.168. The lowest BCUT2D eigenvalue weighted by Gasteiger charge is -2.08. The van der Waals surface area contributed by atoms with E-state index in [2.05, 4.69) is 16.5 Å². The van der Waals surface area contributed by atoms with Crippen molar-refractivity contribution in [2.75, 3.05) is 0 Å². The van der Waals surface area contributed by atoms with Crippen LogP contribution in [-0.4, -0.2) is 14.1 Å². The first kappa shape index (κ1) is 17.2. The minimum atomic E-state index is -3.70. The van der Waals surface area contributed by atoms with E-state index in [9.17, 15) is 8.42 Å². The van der Waals surface area contributed by atoms with Crippen LogP contribution >= 0.6 is 11.6 Å². The van der Waals surface area contributed by atoms with E-state index in [0.717, 1.165) is 11.1 Å². The number of nitrogens with one attached hydrogen (secondary N) is 1. The summed E-state index contributed by atoms with van der Waals surface area (Å²) in [6.07, 6.45) is 2.09. The Bertz CT molecular complexity index is 811. The van der Waals surface area contributed by atoms with Crippen LogP contribution in [-0.2, 0) is 10.0 Å². The molecule has 0 aliphatic heterocycles. The van der Waals surface area contributed by atoms with Gasteiger partial charge < -0.3 is 0 Å². The quantitative estimate of drug-likeness (QED) is 0.489. The van der Waals surface area contributed by atoms with Crippen molar-refractivity contribution in [2.45, 2.75) is 18.2 Å². The van der Waals surface area contributed by atoms with Gasteiger partial charge in [0.2, 0.25) is 0 Å². The molecule has 2 rings (SSSR count). The average molecular weight is 349 g/mol. The van der Waals surface area contributed by atoms with Crippen molar-refractivity contribution in [2.24, 2.45) is 5.10 Å². The second-order valence-corrected chi connectivity index (χ2v) is 7.06. The molecule has 0 saturated carbocycles. The van der Waals surface area contributed by atoms with Crippen molar-refractivity contribution in [3.05, 3.63) is 77.3 Å². The molecule has 0 saturated heterocycles. The lowest BCUT2D eigenvalue weighted by molar-refractivity contribution is 0.584. The van der Waals surface area contributed by atoms with Crippen LogP contribution < -0.4 is 4.83 Å². The monoisotopic (exact) mass is 348 g/mol. The molecular weight excluding hydrogens is 332 g/mol. The topological polar surface area (TPSA) is 58.5 Å². The normalized spacial score (nSPS) is 12.0. The number of halogens is 1. The molecule has 2 aromatic rings. The summed E-state index contributed by atoms with van der Waals surface area (Å²) in [5, 5.41) is 4.65. The fourth-order valence-corrected chi connectivity index (χ4v) is 2.85. The molecule has 0 radical (unpaired) electrons. The number of hydrogen-bond acceptors (Lipinski definition) is 3. The molecule has 1 N–H and O–H groups in total. The van der Waals surface area contributed by atoms with Gasteiger partial charge >= 0.3 is 0 Å². The summed E-state index contributed by atoms with van der Waals surface area (Å²) >= 11 is 5.86. The van der Waals surface area contributed by atoms with Crippen LogP contribution in [0.15, 0.2) is 71.2 Å². The first-order valence-corrected chi connectivity index (χ1v) is 8.80. The summed E-state index contributed by atoms with van der Waals surface area (Å²) in [4.78, 5) is 2.44. The molecule has 4 nitrogen and oxygen atoms in total. The summed E-state index contributed by atoms with van der Waals surface area (Å²) in [7, 11) is -3.70. The van der Waals surface area contributed by atoms with E-state index in [4.69, 9.17) is 11.6 Å². The standard InChI is InChI=1S/C17H17ClN2O2S/c1-3-4-17(14-7-9-15(18)10-8-14)19-20-23(21,22)16-11-5-13(2)6-12-16/h3,5-12,20H,1,4H2,2H3/b19-17-. The van der Waals surface area contributed by atoms with Gasteiger partial charge in [0.1, 0.15) is 0 Å². The minimum Gasteiger partial charge on any atom is -0.200 e. The molecule has 6 heteroatoms. The third-order valence-corrected chi connectivity index (χ3v) is 4.62. The second kappa shape index (κ2) is 7.44. The molecule has 0 fully saturated rings. The number of allylic oxidation sites excluding steroid dienone is 1. The fourth-order valence-electron chi connectivity index (χ4n) is 1.89. The van der Waals surface area contributed by atoms with Gasteiger partial charge in [-0.05, 0) is 36.8 Å². The summed E-state index contributed by atoms with van der Waals surface area (Å²) in [5.74, 6) is 0. The van der Waals surface area contributed by atoms with Crippen LogP contribution in [0, 0.1) is 6.92 Å². The SMILES string of the molecule is C=CC/C(=N/NS(=O)(=O)c1ccc(C)cc1)c1ccc(Cl)cc1. The molecule has 23 heavy (non-hydrogen) atoms. The van der Waals surface area contributed by atoms with Crippen LogP contribution in [0.5, 0.6) is 0 Å². The third-order valence-electron chi connectivity index (χ3n) is 3.15. The first-order valence-electron chi connectivity index (χ1n) is 6.94. The van der Waals surface area contributed by atoms with Gasteiger partial charge in [-0.25, -0.2) is 0 Å². The Morgan fingerprint density at radius 3 is 2.35 bits per heavy atom. The Hall–Kier alpha value is -2.11. The van der Waals surface area contributed by atoms with E-state index in [1.54, 1.807) is 54.6 Å². The zero-order chi connectivity index (χ0) is 16.9. The highest BCUT2D eigenvalue weighted by Gasteiger charge is 2.13. The van der Waals surface area contributed by atoms with E-state index in [-0.39, 0.29) is 4.90 Å². The van der Waals surface area contributed by atoms with E-state index in [1.165, 1.54) is 0 Å². The molecule has 0 bridgehead atoms. The van der Waals surface area contributed by atoms with Crippen molar-refractivity contribution in [1.29, 1.82) is 0 Å². The molecule has 2 aromatic carbocycles. The second-order valence-electron chi connectivity index (χ2n) is 4.97. The highest BCUT2D eigenvalue weighted by atomic mass is 35.5. The largest absolute Gasteiger partial charge is 0.276 e. The maximum Gasteiger partial charge on any atom is 0.276 e. The molecule has 0 unspecified atom stereocenters. The molecular formula is C17H17ClN2O2S. The Morgan fingerprint density at radius 1 is 1.17 bits per heavy atom. The van der Waals surface area contributed by atoms with E-state index >= 15 is 0 Å². The highest BCUT2D eigenvalue weighted by molar-refractivity contribution is 7.89. The Balaban J connectivity index is 2.27. The van der Waals surface area contributed by atoms with E-state index < -0.39 is 10.0 Å². The summed E-state index contributed by atoms with van der Waals surface area (Å²) < 4.78 is 24.5. The van der Waals surface area contributed by atoms with Crippen molar-refractivity contribution in [3.8, 4) is 0 Å². The predicted molar refractivity (Wildman–Crippen MR) is 94.3 cm³/mol. The molecule has 0 heterocycles. The van der Waals surface area contributed by atoms with Crippen LogP contribution in [0.4, 0.5) is 0 Å². The third kappa shape index (κ3) is 4.68. The molecule has 0 aliphatic rings. The molecule has 0 aromatic heterocycles. The Labute approximate surface area is 141 Å². The van der Waals surface area contributed by atoms with Gasteiger partial charge in [-0.2, -0.15) is 18.4 Å². The first-order chi connectivity index (χ1) is 10.9. The van der Waals surface area contributed by atoms with Gasteiger partial charge in [-0.1, -0.05) is 47.5 Å². The Kier molecular flexibility index (Phi) is 5.58. The number of rotatable bonds is 6. The van der Waals surface area contributed by atoms with Crippen molar-refractivity contribution >= 4 is 27.3 Å². The molecule has 120 valence electrons. The van der Waals surface area contributed by atoms with Gasteiger partial charge in [-0.15, -0.1) is 6.58 Å². The molecule has 0 amide bonds. The molecule has 0 aliphatic carbocycles. The van der Waals surface area contributed by atoms with Gasteiger partial charge in [0, 0.05) is 11.4 Å². The smallest absolute Gasteiger partial charge is 0.200 e. The highest BCUT2D eigenvalue weighted by Crippen LogP contribution is 2.13. The zero-order valence-electron chi connectivity index (χ0n) is 12.7. The van der Waals surface area contributed by atoms with Gasteiger partial charge in [0.15, 0.2) is 0 Å². The molecule has 0 spiro atoms. The maximum absolute atomic E-state index is 12.3. The van der Waals surface area contributed by atoms with Crippen LogP contribution in [0.25, 0.3) is 0 Å². The summed E-state index contributed by atoms with van der Waals surface area (Å²) in [6, 6.07) is 13.6. The summed E-state index contributed by atoms with van der Waals surface area (Å²) in [5.41, 5.74) is 2.33. The number of nitrogens with zero attached hydrogens (tertiary/aromatic N) is 1. The van der Waals surface area contributed by atoms with Gasteiger partial charge in [0.05, 0.1) is 10.6 Å². The van der Waals surface area contributed by atoms with Crippen molar-refractivity contribution in [1.82, 2.24) is 4.83 Å². The number of benzene rings is 2. The number of hydrogen-bond donors (Lipinski definition) is 1. The van der Waals surface area contributed by atoms with E-state index in [1.807, 2.05) is 6.92 Å². The number of hydrazone groups is 1. The zero-order valence-corrected chi connectivity index (χ0v) is 14.2. The predicted octanol–water partition coefficient (Wildman–Crippen LogP) is 3.91. The Morgan fingerprint density at radius 2 is 1.78 bits per heavy atom. The van der Waals surface area contributed by atoms with E-state index in [0.29, 0.717) is 17.2 Å². The van der Waals surface area contributed by atoms with Crippen molar-refractivity contribution < 1.29 is 8.42 Å². The summed E-state index contributed by atoms with van der Waals surface area (Å²) in [6.45, 7) is 5.57. The average Bonchev–Trinajstić information content (AvgIpc) is 2.53. The lowest BCUT2D eigenvalue weighted by atomic mass is 10.1. The van der Waals surface area contributed by atoms with Crippen LogP contribution in [0.3, 0.4) is 0 Å². The van der Waals surface area contributed by atoms with Crippen LogP contribution in [0.1, 0.15) is 17.5 Å². The number of sulfonamides is 1. The van der Waals surface area contributed by atoms with Gasteiger partial charge in [0.25, 0.3) is 10.0 Å². The van der Waals surface area contributed by atoms with Crippen LogP contribution in [0.2, 0.25) is 5.02 Å². The van der Waals surface area contributed by atoms with Gasteiger partial charge in [-0.3, -0.25) is 0 Å². The fraction of sp³-hybridized carbons (Fsp3) is 0.118.